The van der Waals surface area contributed by atoms with Gasteiger partial charge in [-0.15, -0.1) is 5.10 Å². The highest BCUT2D eigenvalue weighted by atomic mass is 16.5. The second-order valence-corrected chi connectivity index (χ2v) is 4.76. The molecule has 2 heterocycles. The van der Waals surface area contributed by atoms with E-state index in [4.69, 9.17) is 4.74 Å². The Kier molecular flexibility index (Phi) is 2.80. The fourth-order valence-electron chi connectivity index (χ4n) is 1.98. The summed E-state index contributed by atoms with van der Waals surface area (Å²) in [5, 5.41) is 9.62. The molecular weight excluding hydrogens is 220 g/mol. The molecule has 1 unspecified atom stereocenters. The number of hydrogen-bond donors (Lipinski definition) is 2. The lowest BCUT2D eigenvalue weighted by atomic mass is 10.1. The van der Waals surface area contributed by atoms with Gasteiger partial charge in [0.2, 0.25) is 5.82 Å². The number of aromatic nitrogens is 3. The number of H-pyrrole nitrogens is 1. The summed E-state index contributed by atoms with van der Waals surface area (Å²) >= 11 is 0. The number of nitrogens with zero attached hydrogens (tertiary/aromatic N) is 2. The third kappa shape index (κ3) is 2.46. The van der Waals surface area contributed by atoms with Gasteiger partial charge in [-0.05, 0) is 19.3 Å². The van der Waals surface area contributed by atoms with Gasteiger partial charge in [-0.25, -0.2) is 4.98 Å². The normalized spacial score (nSPS) is 23.9. The number of aromatic amines is 1. The maximum Gasteiger partial charge on any atom is 0.290 e. The maximum atomic E-state index is 11.8. The Balaban J connectivity index is 1.53. The molecule has 2 fully saturated rings. The van der Waals surface area contributed by atoms with Crippen molar-refractivity contribution in [1.29, 1.82) is 0 Å². The SMILES string of the molecule is O=C(NCC1CCOC1)c1n[nH]c(C2CC2)n1. The summed E-state index contributed by atoms with van der Waals surface area (Å²) in [6.07, 6.45) is 3.31. The second-order valence-electron chi connectivity index (χ2n) is 4.76. The average Bonchev–Trinajstić information content (AvgIpc) is 2.88. The summed E-state index contributed by atoms with van der Waals surface area (Å²) in [4.78, 5) is 16.0. The van der Waals surface area contributed by atoms with Crippen LogP contribution in [-0.2, 0) is 4.74 Å². The van der Waals surface area contributed by atoms with E-state index in [-0.39, 0.29) is 11.7 Å². The zero-order valence-corrected chi connectivity index (χ0v) is 9.61. The Morgan fingerprint density at radius 2 is 2.35 bits per heavy atom. The molecule has 1 aliphatic heterocycles. The molecule has 17 heavy (non-hydrogen) atoms. The predicted octanol–water partition coefficient (Wildman–Crippen LogP) is 0.448. The van der Waals surface area contributed by atoms with E-state index in [1.807, 2.05) is 0 Å². The summed E-state index contributed by atoms with van der Waals surface area (Å²) in [6.45, 7) is 2.18. The third-order valence-corrected chi connectivity index (χ3v) is 3.25. The zero-order chi connectivity index (χ0) is 11.7. The van der Waals surface area contributed by atoms with Gasteiger partial charge in [0.05, 0.1) is 6.61 Å². The smallest absolute Gasteiger partial charge is 0.290 e. The molecule has 1 atom stereocenters. The number of rotatable bonds is 4. The lowest BCUT2D eigenvalue weighted by Gasteiger charge is -2.07. The lowest BCUT2D eigenvalue weighted by molar-refractivity contribution is 0.0935. The molecule has 1 saturated heterocycles. The highest BCUT2D eigenvalue weighted by molar-refractivity contribution is 5.90. The Labute approximate surface area is 99.1 Å². The van der Waals surface area contributed by atoms with Gasteiger partial charge in [0.15, 0.2) is 0 Å². The van der Waals surface area contributed by atoms with E-state index in [1.54, 1.807) is 0 Å². The van der Waals surface area contributed by atoms with Crippen molar-refractivity contribution in [3.8, 4) is 0 Å². The van der Waals surface area contributed by atoms with E-state index in [0.717, 1.165) is 38.3 Å². The minimum Gasteiger partial charge on any atom is -0.381 e. The lowest BCUT2D eigenvalue weighted by Crippen LogP contribution is -2.30. The van der Waals surface area contributed by atoms with Crippen LogP contribution in [0.3, 0.4) is 0 Å². The number of hydrogen-bond acceptors (Lipinski definition) is 4. The van der Waals surface area contributed by atoms with Crippen LogP contribution in [0.15, 0.2) is 0 Å². The van der Waals surface area contributed by atoms with Crippen molar-refractivity contribution >= 4 is 5.91 Å². The molecule has 2 N–H and O–H groups in total. The van der Waals surface area contributed by atoms with Gasteiger partial charge in [0.1, 0.15) is 5.82 Å². The second kappa shape index (κ2) is 4.44. The number of nitrogens with one attached hydrogen (secondary N) is 2. The highest BCUT2D eigenvalue weighted by Gasteiger charge is 2.28. The third-order valence-electron chi connectivity index (χ3n) is 3.25. The Morgan fingerprint density at radius 1 is 1.47 bits per heavy atom. The summed E-state index contributed by atoms with van der Waals surface area (Å²) in [6, 6.07) is 0. The Morgan fingerprint density at radius 3 is 3.06 bits per heavy atom. The molecule has 1 aliphatic carbocycles. The van der Waals surface area contributed by atoms with Gasteiger partial charge >= 0.3 is 0 Å². The first kappa shape index (κ1) is 10.7. The average molecular weight is 236 g/mol. The van der Waals surface area contributed by atoms with Gasteiger partial charge in [-0.2, -0.15) is 0 Å². The van der Waals surface area contributed by atoms with Crippen molar-refractivity contribution in [2.24, 2.45) is 5.92 Å². The van der Waals surface area contributed by atoms with E-state index >= 15 is 0 Å². The number of ether oxygens (including phenoxy) is 1. The van der Waals surface area contributed by atoms with Crippen LogP contribution in [-0.4, -0.2) is 40.8 Å². The van der Waals surface area contributed by atoms with Crippen molar-refractivity contribution in [3.05, 3.63) is 11.6 Å². The summed E-state index contributed by atoms with van der Waals surface area (Å²) in [5.41, 5.74) is 0. The Hall–Kier alpha value is -1.43. The molecule has 6 heteroatoms. The largest absolute Gasteiger partial charge is 0.381 e. The molecule has 6 nitrogen and oxygen atoms in total. The van der Waals surface area contributed by atoms with Gasteiger partial charge in [-0.3, -0.25) is 9.89 Å². The van der Waals surface area contributed by atoms with Crippen molar-refractivity contribution in [1.82, 2.24) is 20.5 Å². The molecule has 1 aromatic heterocycles. The number of amides is 1. The first-order valence-corrected chi connectivity index (χ1v) is 6.11. The van der Waals surface area contributed by atoms with E-state index in [2.05, 4.69) is 20.5 Å². The van der Waals surface area contributed by atoms with Crippen molar-refractivity contribution in [3.63, 3.8) is 0 Å². The van der Waals surface area contributed by atoms with Crippen molar-refractivity contribution in [2.75, 3.05) is 19.8 Å². The van der Waals surface area contributed by atoms with Crippen molar-refractivity contribution in [2.45, 2.75) is 25.2 Å². The molecule has 2 aliphatic rings. The van der Waals surface area contributed by atoms with Crippen LogP contribution in [0, 0.1) is 5.92 Å². The van der Waals surface area contributed by atoms with E-state index in [9.17, 15) is 4.79 Å². The molecule has 92 valence electrons. The van der Waals surface area contributed by atoms with Gasteiger partial charge in [0.25, 0.3) is 5.91 Å². The fourth-order valence-corrected chi connectivity index (χ4v) is 1.98. The molecule has 1 aromatic rings. The number of carbonyl (C=O) groups excluding carboxylic acids is 1. The van der Waals surface area contributed by atoms with Crippen LogP contribution in [0.4, 0.5) is 0 Å². The summed E-state index contributed by atoms with van der Waals surface area (Å²) in [5.74, 6) is 1.83. The predicted molar refractivity (Wildman–Crippen MR) is 59.6 cm³/mol. The van der Waals surface area contributed by atoms with Crippen molar-refractivity contribution < 1.29 is 9.53 Å². The van der Waals surface area contributed by atoms with Crippen LogP contribution in [0.2, 0.25) is 0 Å². The topological polar surface area (TPSA) is 79.9 Å². The monoisotopic (exact) mass is 236 g/mol. The van der Waals surface area contributed by atoms with Gasteiger partial charge in [-0.1, -0.05) is 0 Å². The van der Waals surface area contributed by atoms with E-state index < -0.39 is 0 Å². The van der Waals surface area contributed by atoms with E-state index in [0.29, 0.717) is 18.4 Å². The maximum absolute atomic E-state index is 11.8. The summed E-state index contributed by atoms with van der Waals surface area (Å²) in [7, 11) is 0. The van der Waals surface area contributed by atoms with E-state index in [1.165, 1.54) is 0 Å². The number of carbonyl (C=O) groups is 1. The highest BCUT2D eigenvalue weighted by Crippen LogP contribution is 2.37. The molecule has 0 radical (unpaired) electrons. The minimum atomic E-state index is -0.194. The van der Waals surface area contributed by atoms with Gasteiger partial charge < -0.3 is 10.1 Å². The molecular formula is C11H16N4O2. The molecule has 1 saturated carbocycles. The minimum absolute atomic E-state index is 0.194. The molecule has 0 spiro atoms. The quantitative estimate of drug-likeness (QED) is 0.795. The first-order valence-electron chi connectivity index (χ1n) is 6.11. The Bertz CT molecular complexity index is 407. The van der Waals surface area contributed by atoms with Crippen LogP contribution < -0.4 is 5.32 Å². The molecule has 3 rings (SSSR count). The summed E-state index contributed by atoms with van der Waals surface area (Å²) < 4.78 is 5.25. The van der Waals surface area contributed by atoms with Crippen LogP contribution >= 0.6 is 0 Å². The van der Waals surface area contributed by atoms with Gasteiger partial charge in [0, 0.05) is 25.0 Å². The van der Waals surface area contributed by atoms with Crippen LogP contribution in [0.5, 0.6) is 0 Å². The van der Waals surface area contributed by atoms with Crippen LogP contribution in [0.25, 0.3) is 0 Å². The fraction of sp³-hybridized carbons (Fsp3) is 0.727. The molecule has 0 aromatic carbocycles. The first-order chi connectivity index (χ1) is 8.33. The molecule has 0 bridgehead atoms. The standard InChI is InChI=1S/C11H16N4O2/c16-11(12-5-7-3-4-17-6-7)10-13-9(14-15-10)8-1-2-8/h7-8H,1-6H2,(H,12,16)(H,13,14,15). The molecule has 1 amide bonds. The van der Waals surface area contributed by atoms with Crippen LogP contribution in [0.1, 0.15) is 41.6 Å². The zero-order valence-electron chi connectivity index (χ0n) is 9.61.